The van der Waals surface area contributed by atoms with Crippen LogP contribution in [-0.2, 0) is 11.2 Å². The second-order valence-corrected chi connectivity index (χ2v) is 6.56. The first-order chi connectivity index (χ1) is 12.0. The van der Waals surface area contributed by atoms with Crippen molar-refractivity contribution < 1.29 is 9.59 Å². The number of benzene rings is 2. The number of amides is 2. The summed E-state index contributed by atoms with van der Waals surface area (Å²) in [4.78, 5) is 29.9. The van der Waals surface area contributed by atoms with Crippen LogP contribution in [0, 0.1) is 13.8 Å². The van der Waals surface area contributed by atoms with Gasteiger partial charge < -0.3 is 10.7 Å². The zero-order valence-corrected chi connectivity index (χ0v) is 14.2. The van der Waals surface area contributed by atoms with Gasteiger partial charge in [-0.3, -0.25) is 14.5 Å². The molecule has 0 fully saturated rings. The van der Waals surface area contributed by atoms with E-state index in [1.165, 1.54) is 4.90 Å². The Morgan fingerprint density at radius 1 is 1.16 bits per heavy atom. The summed E-state index contributed by atoms with van der Waals surface area (Å²) in [5.41, 5.74) is 11.1. The summed E-state index contributed by atoms with van der Waals surface area (Å²) in [6.07, 6.45) is 0.460. The molecule has 0 aliphatic carbocycles. The Kier molecular flexibility index (Phi) is 3.39. The third-order valence-electron chi connectivity index (χ3n) is 5.08. The van der Waals surface area contributed by atoms with Crippen molar-refractivity contribution in [3.8, 4) is 0 Å². The molecule has 3 N–H and O–H groups in total. The number of nitrogens with two attached hydrogens (primary N) is 1. The number of carbonyl (C=O) groups excluding carboxylic acids is 2. The van der Waals surface area contributed by atoms with Crippen molar-refractivity contribution in [2.45, 2.75) is 26.3 Å². The molecule has 1 atom stereocenters. The van der Waals surface area contributed by atoms with E-state index in [0.29, 0.717) is 12.0 Å². The van der Waals surface area contributed by atoms with Crippen molar-refractivity contribution in [2.75, 3.05) is 4.90 Å². The SMILES string of the molecule is Cc1[nH]c2ccc(C(=O)N3c4ccccc4C[C@H]3C(N)=O)cc2c1C. The van der Waals surface area contributed by atoms with Gasteiger partial charge in [0.25, 0.3) is 5.91 Å². The van der Waals surface area contributed by atoms with Crippen molar-refractivity contribution in [3.05, 3.63) is 64.8 Å². The quantitative estimate of drug-likeness (QED) is 0.756. The molecule has 2 heterocycles. The summed E-state index contributed by atoms with van der Waals surface area (Å²) in [6.45, 7) is 4.04. The molecule has 5 heteroatoms. The van der Waals surface area contributed by atoms with Crippen molar-refractivity contribution >= 4 is 28.4 Å². The van der Waals surface area contributed by atoms with E-state index in [1.54, 1.807) is 6.07 Å². The van der Waals surface area contributed by atoms with E-state index in [2.05, 4.69) is 4.98 Å². The summed E-state index contributed by atoms with van der Waals surface area (Å²) in [6, 6.07) is 12.5. The maximum atomic E-state index is 13.2. The van der Waals surface area contributed by atoms with Gasteiger partial charge in [-0.15, -0.1) is 0 Å². The summed E-state index contributed by atoms with van der Waals surface area (Å²) >= 11 is 0. The minimum Gasteiger partial charge on any atom is -0.368 e. The predicted molar refractivity (Wildman–Crippen MR) is 97.7 cm³/mol. The predicted octanol–water partition coefficient (Wildman–Crippen LogP) is 2.84. The number of primary amides is 1. The molecule has 0 bridgehead atoms. The highest BCUT2D eigenvalue weighted by molar-refractivity contribution is 6.12. The molecule has 0 radical (unpaired) electrons. The smallest absolute Gasteiger partial charge is 0.259 e. The van der Waals surface area contributed by atoms with Crippen LogP contribution in [0.15, 0.2) is 42.5 Å². The molecule has 2 aromatic carbocycles. The normalized spacial score (nSPS) is 16.2. The zero-order valence-electron chi connectivity index (χ0n) is 14.2. The van der Waals surface area contributed by atoms with Crippen LogP contribution in [0.2, 0.25) is 0 Å². The minimum absolute atomic E-state index is 0.200. The van der Waals surface area contributed by atoms with Crippen molar-refractivity contribution in [1.29, 1.82) is 0 Å². The number of fused-ring (bicyclic) bond motifs is 2. The number of anilines is 1. The number of aryl methyl sites for hydroxylation is 2. The van der Waals surface area contributed by atoms with Gasteiger partial charge in [0.15, 0.2) is 0 Å². The average molecular weight is 333 g/mol. The van der Waals surface area contributed by atoms with Gasteiger partial charge in [0, 0.05) is 34.3 Å². The van der Waals surface area contributed by atoms with Crippen LogP contribution in [0.1, 0.15) is 27.2 Å². The van der Waals surface area contributed by atoms with E-state index in [1.807, 2.05) is 50.2 Å². The van der Waals surface area contributed by atoms with Gasteiger partial charge in [0.1, 0.15) is 6.04 Å². The van der Waals surface area contributed by atoms with Crippen LogP contribution in [-0.4, -0.2) is 22.8 Å². The van der Waals surface area contributed by atoms with E-state index in [9.17, 15) is 9.59 Å². The van der Waals surface area contributed by atoms with E-state index in [0.717, 1.165) is 33.4 Å². The molecule has 25 heavy (non-hydrogen) atoms. The lowest BCUT2D eigenvalue weighted by Crippen LogP contribution is -2.46. The molecule has 126 valence electrons. The highest BCUT2D eigenvalue weighted by Gasteiger charge is 2.37. The topological polar surface area (TPSA) is 79.2 Å². The standard InChI is InChI=1S/C20H19N3O2/c1-11-12(2)22-16-8-7-14(9-15(11)16)20(25)23-17-6-4-3-5-13(17)10-18(23)19(21)24/h3-9,18,22H,10H2,1-2H3,(H2,21,24)/t18-/m0/s1. The molecule has 5 nitrogen and oxygen atoms in total. The van der Waals surface area contributed by atoms with Crippen LogP contribution in [0.3, 0.4) is 0 Å². The number of rotatable bonds is 2. The molecule has 2 amide bonds. The van der Waals surface area contributed by atoms with Gasteiger partial charge in [-0.05, 0) is 49.2 Å². The average Bonchev–Trinajstić information content (AvgIpc) is 3.12. The lowest BCUT2D eigenvalue weighted by Gasteiger charge is -2.23. The molecule has 0 saturated heterocycles. The molecule has 4 rings (SSSR count). The number of aromatic amines is 1. The van der Waals surface area contributed by atoms with Crippen LogP contribution in [0.25, 0.3) is 10.9 Å². The van der Waals surface area contributed by atoms with Crippen molar-refractivity contribution in [3.63, 3.8) is 0 Å². The van der Waals surface area contributed by atoms with Gasteiger partial charge in [-0.1, -0.05) is 18.2 Å². The van der Waals surface area contributed by atoms with E-state index in [-0.39, 0.29) is 5.91 Å². The van der Waals surface area contributed by atoms with Gasteiger partial charge >= 0.3 is 0 Å². The molecule has 0 unspecified atom stereocenters. The lowest BCUT2D eigenvalue weighted by atomic mass is 10.1. The number of hydrogen-bond acceptors (Lipinski definition) is 2. The molecule has 1 aliphatic rings. The van der Waals surface area contributed by atoms with E-state index in [4.69, 9.17) is 5.73 Å². The summed E-state index contributed by atoms with van der Waals surface area (Å²) in [5, 5.41) is 1.02. The molecule has 0 spiro atoms. The highest BCUT2D eigenvalue weighted by atomic mass is 16.2. The molecular formula is C20H19N3O2. The fourth-order valence-electron chi connectivity index (χ4n) is 3.60. The van der Waals surface area contributed by atoms with E-state index < -0.39 is 11.9 Å². The molecule has 1 aromatic heterocycles. The van der Waals surface area contributed by atoms with Crippen molar-refractivity contribution in [2.24, 2.45) is 5.73 Å². The molecular weight excluding hydrogens is 314 g/mol. The number of hydrogen-bond donors (Lipinski definition) is 2. The largest absolute Gasteiger partial charge is 0.368 e. The highest BCUT2D eigenvalue weighted by Crippen LogP contribution is 2.34. The van der Waals surface area contributed by atoms with Gasteiger partial charge in [0.2, 0.25) is 5.91 Å². The Hall–Kier alpha value is -3.08. The third kappa shape index (κ3) is 2.31. The number of H-pyrrole nitrogens is 1. The first-order valence-electron chi connectivity index (χ1n) is 8.27. The first-order valence-corrected chi connectivity index (χ1v) is 8.27. The van der Waals surface area contributed by atoms with E-state index >= 15 is 0 Å². The second-order valence-electron chi connectivity index (χ2n) is 6.56. The second kappa shape index (κ2) is 5.48. The number of nitrogens with one attached hydrogen (secondary N) is 1. The zero-order chi connectivity index (χ0) is 17.7. The fraction of sp³-hybridized carbons (Fsp3) is 0.200. The Balaban J connectivity index is 1.81. The summed E-state index contributed by atoms with van der Waals surface area (Å²) in [7, 11) is 0. The Morgan fingerprint density at radius 2 is 1.92 bits per heavy atom. The fourth-order valence-corrected chi connectivity index (χ4v) is 3.60. The number of aromatic nitrogens is 1. The Bertz CT molecular complexity index is 1020. The third-order valence-corrected chi connectivity index (χ3v) is 5.08. The monoisotopic (exact) mass is 333 g/mol. The van der Waals surface area contributed by atoms with Crippen LogP contribution >= 0.6 is 0 Å². The Labute approximate surface area is 145 Å². The van der Waals surface area contributed by atoms with Gasteiger partial charge in [-0.2, -0.15) is 0 Å². The van der Waals surface area contributed by atoms with Gasteiger partial charge in [0.05, 0.1) is 0 Å². The van der Waals surface area contributed by atoms with Crippen molar-refractivity contribution in [1.82, 2.24) is 4.98 Å². The molecule has 0 saturated carbocycles. The van der Waals surface area contributed by atoms with Crippen LogP contribution in [0.5, 0.6) is 0 Å². The lowest BCUT2D eigenvalue weighted by molar-refractivity contribution is -0.119. The number of nitrogens with zero attached hydrogens (tertiary/aromatic N) is 1. The molecule has 3 aromatic rings. The Morgan fingerprint density at radius 3 is 2.68 bits per heavy atom. The maximum absolute atomic E-state index is 13.2. The van der Waals surface area contributed by atoms with Gasteiger partial charge in [-0.25, -0.2) is 0 Å². The number of para-hydroxylation sites is 1. The summed E-state index contributed by atoms with van der Waals surface area (Å²) in [5.74, 6) is -0.687. The summed E-state index contributed by atoms with van der Waals surface area (Å²) < 4.78 is 0. The minimum atomic E-state index is -0.644. The first kappa shape index (κ1) is 15.4. The maximum Gasteiger partial charge on any atom is 0.259 e. The van der Waals surface area contributed by atoms with Crippen LogP contribution < -0.4 is 10.6 Å². The number of carbonyl (C=O) groups is 2. The molecule has 1 aliphatic heterocycles. The van der Waals surface area contributed by atoms with Crippen LogP contribution in [0.4, 0.5) is 5.69 Å².